The van der Waals surface area contributed by atoms with E-state index in [4.69, 9.17) is 4.74 Å². The van der Waals surface area contributed by atoms with Crippen molar-refractivity contribution in [3.8, 4) is 0 Å². The lowest BCUT2D eigenvalue weighted by atomic mass is 9.87. The van der Waals surface area contributed by atoms with E-state index >= 15 is 0 Å². The molecule has 3 nitrogen and oxygen atoms in total. The molecule has 0 bridgehead atoms. The van der Waals surface area contributed by atoms with E-state index in [9.17, 15) is 9.59 Å². The molecule has 0 spiro atoms. The van der Waals surface area contributed by atoms with E-state index in [0.29, 0.717) is 6.42 Å². The number of ketones is 1. The van der Waals surface area contributed by atoms with Crippen LogP contribution >= 0.6 is 0 Å². The number of rotatable bonds is 4. The molecule has 0 radical (unpaired) electrons. The smallest absolute Gasteiger partial charge is 0.331 e. The largest absolute Gasteiger partial charge is 0.443 e. The Bertz CT molecular complexity index is 462. The van der Waals surface area contributed by atoms with Gasteiger partial charge in [0.15, 0.2) is 5.60 Å². The first kappa shape index (κ1) is 14.2. The Labute approximate surface area is 108 Å². The van der Waals surface area contributed by atoms with Crippen molar-refractivity contribution >= 4 is 11.8 Å². The van der Waals surface area contributed by atoms with Gasteiger partial charge in [-0.3, -0.25) is 4.79 Å². The van der Waals surface area contributed by atoms with Crippen LogP contribution in [0, 0.1) is 0 Å². The van der Waals surface area contributed by atoms with Gasteiger partial charge in [-0.05, 0) is 32.9 Å². The quantitative estimate of drug-likeness (QED) is 0.435. The first-order chi connectivity index (χ1) is 8.39. The van der Waals surface area contributed by atoms with E-state index in [2.05, 4.69) is 6.58 Å². The van der Waals surface area contributed by atoms with Crippen LogP contribution in [0.2, 0.25) is 0 Å². The number of hydrogen-bond donors (Lipinski definition) is 0. The highest BCUT2D eigenvalue weighted by molar-refractivity contribution is 6.02. The fourth-order valence-corrected chi connectivity index (χ4v) is 1.69. The van der Waals surface area contributed by atoms with Crippen molar-refractivity contribution in [2.45, 2.75) is 32.8 Å². The van der Waals surface area contributed by atoms with Crippen LogP contribution in [-0.2, 0) is 14.3 Å². The highest BCUT2D eigenvalue weighted by atomic mass is 16.6. The lowest BCUT2D eigenvalue weighted by Gasteiger charge is -2.29. The maximum Gasteiger partial charge on any atom is 0.331 e. The maximum atomic E-state index is 12.1. The molecule has 0 aliphatic heterocycles. The number of carbonyl (C=O) groups is 2. The second-order valence-electron chi connectivity index (χ2n) is 4.59. The second kappa shape index (κ2) is 5.63. The van der Waals surface area contributed by atoms with Gasteiger partial charge in [0.05, 0.1) is 0 Å². The van der Waals surface area contributed by atoms with Crippen molar-refractivity contribution in [3.05, 3.63) is 48.1 Å². The predicted octanol–water partition coefficient (Wildman–Crippen LogP) is 2.90. The molecule has 0 amide bonds. The fourth-order valence-electron chi connectivity index (χ4n) is 1.69. The number of carbonyl (C=O) groups excluding carboxylic acids is 2. The summed E-state index contributed by atoms with van der Waals surface area (Å²) in [6.07, 6.45) is 8.15. The van der Waals surface area contributed by atoms with Crippen LogP contribution < -0.4 is 0 Å². The summed E-state index contributed by atoms with van der Waals surface area (Å²) in [7, 11) is 0. The molecule has 1 aliphatic carbocycles. The Morgan fingerprint density at radius 3 is 2.67 bits per heavy atom. The summed E-state index contributed by atoms with van der Waals surface area (Å²) < 4.78 is 5.28. The molecule has 0 fully saturated rings. The molecular formula is C15H18O3. The van der Waals surface area contributed by atoms with Gasteiger partial charge in [0.1, 0.15) is 0 Å². The van der Waals surface area contributed by atoms with Crippen molar-refractivity contribution in [2.24, 2.45) is 0 Å². The molecule has 0 aromatic carbocycles. The number of allylic oxidation sites excluding steroid dienone is 3. The van der Waals surface area contributed by atoms with Gasteiger partial charge in [-0.15, -0.1) is 0 Å². The van der Waals surface area contributed by atoms with E-state index in [-0.39, 0.29) is 5.78 Å². The van der Waals surface area contributed by atoms with Gasteiger partial charge >= 0.3 is 5.97 Å². The summed E-state index contributed by atoms with van der Waals surface area (Å²) in [4.78, 5) is 23.5. The lowest BCUT2D eigenvalue weighted by molar-refractivity contribution is -0.155. The third kappa shape index (κ3) is 3.29. The second-order valence-corrected chi connectivity index (χ2v) is 4.59. The SMILES string of the molecule is C=CC(=O)OC1(CC=C(C)C)C=C(C)C=CC1=O. The molecule has 0 saturated heterocycles. The first-order valence-electron chi connectivity index (χ1n) is 5.80. The van der Waals surface area contributed by atoms with Crippen LogP contribution in [-0.4, -0.2) is 17.4 Å². The van der Waals surface area contributed by atoms with Gasteiger partial charge in [0.2, 0.25) is 5.78 Å². The molecule has 3 heteroatoms. The Balaban J connectivity index is 3.12. The third-order valence-corrected chi connectivity index (χ3v) is 2.64. The summed E-state index contributed by atoms with van der Waals surface area (Å²) in [5.74, 6) is -0.814. The molecule has 0 heterocycles. The maximum absolute atomic E-state index is 12.1. The van der Waals surface area contributed by atoms with E-state index < -0.39 is 11.6 Å². The topological polar surface area (TPSA) is 43.4 Å². The fraction of sp³-hybridized carbons (Fsp3) is 0.333. The van der Waals surface area contributed by atoms with Crippen LogP contribution in [0.25, 0.3) is 0 Å². The standard InChI is InChI=1S/C15H18O3/c1-5-14(17)18-15(9-8-11(2)3)10-12(4)6-7-13(15)16/h5-8,10H,1,9H2,2-4H3. The Morgan fingerprint density at radius 1 is 1.44 bits per heavy atom. The number of hydrogen-bond acceptors (Lipinski definition) is 3. The molecular weight excluding hydrogens is 228 g/mol. The summed E-state index contributed by atoms with van der Waals surface area (Å²) in [6, 6.07) is 0. The van der Waals surface area contributed by atoms with Crippen molar-refractivity contribution < 1.29 is 14.3 Å². The van der Waals surface area contributed by atoms with E-state index in [0.717, 1.165) is 17.2 Å². The minimum absolute atomic E-state index is 0.221. The zero-order valence-corrected chi connectivity index (χ0v) is 11.0. The van der Waals surface area contributed by atoms with Gasteiger partial charge in [-0.25, -0.2) is 4.79 Å². The minimum Gasteiger partial charge on any atom is -0.443 e. The van der Waals surface area contributed by atoms with Gasteiger partial charge in [-0.1, -0.05) is 29.9 Å². The molecule has 0 aromatic heterocycles. The molecule has 1 aliphatic rings. The molecule has 96 valence electrons. The Hall–Kier alpha value is -1.90. The van der Waals surface area contributed by atoms with Crippen LogP contribution in [0.4, 0.5) is 0 Å². The van der Waals surface area contributed by atoms with Crippen molar-refractivity contribution in [3.63, 3.8) is 0 Å². The van der Waals surface area contributed by atoms with Crippen LogP contribution in [0.1, 0.15) is 27.2 Å². The van der Waals surface area contributed by atoms with Gasteiger partial charge < -0.3 is 4.74 Å². The highest BCUT2D eigenvalue weighted by Crippen LogP contribution is 2.27. The van der Waals surface area contributed by atoms with Crippen LogP contribution in [0.3, 0.4) is 0 Å². The molecule has 0 saturated carbocycles. The van der Waals surface area contributed by atoms with E-state index in [1.165, 1.54) is 6.08 Å². The molecule has 0 aromatic rings. The Kier molecular flexibility index (Phi) is 4.43. The Morgan fingerprint density at radius 2 is 2.11 bits per heavy atom. The van der Waals surface area contributed by atoms with Crippen LogP contribution in [0.15, 0.2) is 48.1 Å². The van der Waals surface area contributed by atoms with E-state index in [1.807, 2.05) is 26.8 Å². The van der Waals surface area contributed by atoms with Gasteiger partial charge in [0.25, 0.3) is 0 Å². The predicted molar refractivity (Wildman–Crippen MR) is 71.0 cm³/mol. The summed E-state index contributed by atoms with van der Waals surface area (Å²) in [5.41, 5.74) is 0.743. The van der Waals surface area contributed by atoms with E-state index in [1.54, 1.807) is 12.2 Å². The summed E-state index contributed by atoms with van der Waals surface area (Å²) in [6.45, 7) is 9.09. The highest BCUT2D eigenvalue weighted by Gasteiger charge is 2.38. The van der Waals surface area contributed by atoms with Gasteiger partial charge in [-0.2, -0.15) is 0 Å². The average Bonchev–Trinajstić information content (AvgIpc) is 2.31. The first-order valence-corrected chi connectivity index (χ1v) is 5.80. The number of esters is 1. The molecule has 18 heavy (non-hydrogen) atoms. The molecule has 1 rings (SSSR count). The minimum atomic E-state index is -1.22. The monoisotopic (exact) mass is 246 g/mol. The molecule has 1 unspecified atom stereocenters. The zero-order valence-electron chi connectivity index (χ0n) is 11.0. The lowest BCUT2D eigenvalue weighted by Crippen LogP contribution is -2.41. The zero-order chi connectivity index (χ0) is 13.8. The van der Waals surface area contributed by atoms with Crippen molar-refractivity contribution in [1.29, 1.82) is 0 Å². The molecule has 0 N–H and O–H groups in total. The van der Waals surface area contributed by atoms with Crippen LogP contribution in [0.5, 0.6) is 0 Å². The number of ether oxygens (including phenoxy) is 1. The molecule has 1 atom stereocenters. The van der Waals surface area contributed by atoms with Gasteiger partial charge in [0, 0.05) is 12.5 Å². The average molecular weight is 246 g/mol. The third-order valence-electron chi connectivity index (χ3n) is 2.64. The van der Waals surface area contributed by atoms with Crippen molar-refractivity contribution in [2.75, 3.05) is 0 Å². The van der Waals surface area contributed by atoms with Crippen molar-refractivity contribution in [1.82, 2.24) is 0 Å². The summed E-state index contributed by atoms with van der Waals surface area (Å²) >= 11 is 0. The summed E-state index contributed by atoms with van der Waals surface area (Å²) in [5, 5.41) is 0. The normalized spacial score (nSPS) is 22.2.